The van der Waals surface area contributed by atoms with E-state index >= 15 is 0 Å². The molecule has 0 spiro atoms. The molecule has 0 radical (unpaired) electrons. The van der Waals surface area contributed by atoms with Crippen molar-refractivity contribution in [1.29, 1.82) is 5.26 Å². The van der Waals surface area contributed by atoms with E-state index in [4.69, 9.17) is 4.42 Å². The topological polar surface area (TPSA) is 152 Å². The van der Waals surface area contributed by atoms with E-state index in [1.54, 1.807) is 6.07 Å². The van der Waals surface area contributed by atoms with Crippen LogP contribution in [-0.2, 0) is 11.0 Å². The Bertz CT molecular complexity index is 1350. The predicted octanol–water partition coefficient (Wildman–Crippen LogP) is 5.33. The van der Waals surface area contributed by atoms with Crippen molar-refractivity contribution in [3.8, 4) is 17.4 Å². The molecule has 0 aliphatic carbocycles. The molecule has 34 heavy (non-hydrogen) atoms. The van der Waals surface area contributed by atoms with Crippen LogP contribution < -0.4 is 5.32 Å². The Morgan fingerprint density at radius 2 is 1.62 bits per heavy atom. The summed E-state index contributed by atoms with van der Waals surface area (Å²) in [5.74, 6) is -0.927. The fourth-order valence-electron chi connectivity index (χ4n) is 2.80. The summed E-state index contributed by atoms with van der Waals surface area (Å²) in [4.78, 5) is 32.3. The van der Waals surface area contributed by atoms with E-state index in [9.17, 15) is 43.5 Å². The summed E-state index contributed by atoms with van der Waals surface area (Å²) in [6.07, 6.45) is -4.02. The molecule has 0 unspecified atom stereocenters. The zero-order valence-electron chi connectivity index (χ0n) is 16.7. The molecular weight excluding hydrogens is 461 g/mol. The smallest absolute Gasteiger partial charge is 0.418 e. The average molecular weight is 472 g/mol. The van der Waals surface area contributed by atoms with Crippen LogP contribution in [0.2, 0.25) is 0 Å². The molecule has 13 heteroatoms. The van der Waals surface area contributed by atoms with Gasteiger partial charge >= 0.3 is 6.18 Å². The van der Waals surface area contributed by atoms with E-state index in [2.05, 4.69) is 0 Å². The summed E-state index contributed by atoms with van der Waals surface area (Å²) >= 11 is 0. The number of alkyl halides is 3. The van der Waals surface area contributed by atoms with Gasteiger partial charge in [-0.2, -0.15) is 18.4 Å². The van der Waals surface area contributed by atoms with Gasteiger partial charge in [-0.05, 0) is 30.3 Å². The Morgan fingerprint density at radius 3 is 2.18 bits per heavy atom. The van der Waals surface area contributed by atoms with Crippen molar-refractivity contribution < 1.29 is 32.2 Å². The minimum absolute atomic E-state index is 0.0137. The molecule has 172 valence electrons. The zero-order valence-corrected chi connectivity index (χ0v) is 16.7. The second kappa shape index (κ2) is 9.25. The number of halogens is 3. The lowest BCUT2D eigenvalue weighted by atomic mass is 10.1. The van der Waals surface area contributed by atoms with E-state index in [1.165, 1.54) is 36.4 Å². The van der Waals surface area contributed by atoms with Crippen LogP contribution in [0.25, 0.3) is 17.4 Å². The molecule has 10 nitrogen and oxygen atoms in total. The fourth-order valence-corrected chi connectivity index (χ4v) is 2.80. The number of carbonyl (C=O) groups is 1. The molecule has 1 N–H and O–H groups in total. The largest absolute Gasteiger partial charge is 0.457 e. The summed E-state index contributed by atoms with van der Waals surface area (Å²) in [6.45, 7) is 0. The summed E-state index contributed by atoms with van der Waals surface area (Å²) in [7, 11) is 0. The van der Waals surface area contributed by atoms with Gasteiger partial charge < -0.3 is 9.73 Å². The number of rotatable bonds is 6. The van der Waals surface area contributed by atoms with Gasteiger partial charge in [-0.1, -0.05) is 0 Å². The third-order valence-corrected chi connectivity index (χ3v) is 4.41. The first kappa shape index (κ1) is 23.7. The Hall–Kier alpha value is -4.99. The van der Waals surface area contributed by atoms with Crippen LogP contribution in [0.1, 0.15) is 11.3 Å². The molecule has 0 aliphatic heterocycles. The summed E-state index contributed by atoms with van der Waals surface area (Å²) in [6, 6.07) is 11.5. The highest BCUT2D eigenvalue weighted by atomic mass is 19.4. The monoisotopic (exact) mass is 472 g/mol. The Kier molecular flexibility index (Phi) is 6.44. The van der Waals surface area contributed by atoms with Gasteiger partial charge in [-0.3, -0.25) is 25.0 Å². The van der Waals surface area contributed by atoms with E-state index in [-0.39, 0.29) is 23.3 Å². The van der Waals surface area contributed by atoms with Gasteiger partial charge in [0.05, 0.1) is 21.1 Å². The van der Waals surface area contributed by atoms with Gasteiger partial charge in [0.25, 0.3) is 17.3 Å². The molecule has 0 bridgehead atoms. The van der Waals surface area contributed by atoms with Crippen LogP contribution in [-0.4, -0.2) is 15.8 Å². The lowest BCUT2D eigenvalue weighted by Crippen LogP contribution is -2.18. The number of hydrogen-bond donors (Lipinski definition) is 1. The van der Waals surface area contributed by atoms with E-state index in [1.807, 2.05) is 5.32 Å². The van der Waals surface area contributed by atoms with Gasteiger partial charge in [0.15, 0.2) is 0 Å². The van der Waals surface area contributed by atoms with Crippen molar-refractivity contribution >= 4 is 29.0 Å². The van der Waals surface area contributed by atoms with Crippen molar-refractivity contribution in [3.05, 3.63) is 91.7 Å². The summed E-state index contributed by atoms with van der Waals surface area (Å²) < 4.78 is 45.4. The van der Waals surface area contributed by atoms with Crippen LogP contribution >= 0.6 is 0 Å². The van der Waals surface area contributed by atoms with Crippen molar-refractivity contribution in [2.24, 2.45) is 0 Å². The van der Waals surface area contributed by atoms with Gasteiger partial charge in [0, 0.05) is 35.9 Å². The fraction of sp³-hybridized carbons (Fsp3) is 0.0476. The molecule has 0 fully saturated rings. The molecule has 1 heterocycles. The molecular formula is C21H11F3N4O6. The molecule has 0 aliphatic rings. The molecule has 3 rings (SSSR count). The van der Waals surface area contributed by atoms with Crippen LogP contribution in [0.3, 0.4) is 0 Å². The van der Waals surface area contributed by atoms with Gasteiger partial charge in [-0.25, -0.2) is 0 Å². The minimum Gasteiger partial charge on any atom is -0.457 e. The third kappa shape index (κ3) is 5.25. The van der Waals surface area contributed by atoms with E-state index in [0.717, 1.165) is 12.1 Å². The van der Waals surface area contributed by atoms with Gasteiger partial charge in [0.2, 0.25) is 0 Å². The number of anilines is 1. The number of nitrogens with one attached hydrogen (secondary N) is 1. The molecule has 0 atom stereocenters. The number of nitro groups is 2. The number of nitriles is 1. The number of nitrogens with zero attached hydrogens (tertiary/aromatic N) is 3. The lowest BCUT2D eigenvalue weighted by molar-refractivity contribution is -0.385. The lowest BCUT2D eigenvalue weighted by Gasteiger charge is -2.13. The zero-order chi connectivity index (χ0) is 25.0. The standard InChI is InChI=1S/C21H11F3N4O6/c22-21(23,24)17-10-15(28(32)33)5-7-18(17)26-20(29)13(11-25)9-16-6-8-19(34-16)12-1-3-14(4-2-12)27(30)31/h1-10H,(H,26,29). The van der Waals surface area contributed by atoms with Crippen LogP contribution in [0.4, 0.5) is 30.2 Å². The normalized spacial score (nSPS) is 11.5. The quantitative estimate of drug-likeness (QED) is 0.220. The molecule has 1 aromatic heterocycles. The predicted molar refractivity (Wildman–Crippen MR) is 111 cm³/mol. The highest BCUT2D eigenvalue weighted by Crippen LogP contribution is 2.37. The number of non-ortho nitro benzene ring substituents is 2. The molecule has 0 saturated carbocycles. The van der Waals surface area contributed by atoms with Gasteiger partial charge in [0.1, 0.15) is 23.2 Å². The number of carbonyl (C=O) groups excluding carboxylic acids is 1. The maximum atomic E-state index is 13.3. The van der Waals surface area contributed by atoms with E-state index < -0.39 is 44.4 Å². The van der Waals surface area contributed by atoms with Crippen LogP contribution in [0, 0.1) is 31.6 Å². The first-order valence-electron chi connectivity index (χ1n) is 9.13. The number of benzene rings is 2. The number of amides is 1. The highest BCUT2D eigenvalue weighted by Gasteiger charge is 2.36. The first-order chi connectivity index (χ1) is 16.0. The number of hydrogen-bond acceptors (Lipinski definition) is 7. The Labute approximate surface area is 187 Å². The molecule has 2 aromatic carbocycles. The number of nitro benzene ring substituents is 2. The molecule has 3 aromatic rings. The molecule has 1 amide bonds. The molecule has 0 saturated heterocycles. The van der Waals surface area contributed by atoms with Crippen molar-refractivity contribution in [3.63, 3.8) is 0 Å². The van der Waals surface area contributed by atoms with Crippen molar-refractivity contribution in [2.45, 2.75) is 6.18 Å². The highest BCUT2D eigenvalue weighted by molar-refractivity contribution is 6.09. The van der Waals surface area contributed by atoms with Crippen molar-refractivity contribution in [2.75, 3.05) is 5.32 Å². The number of furan rings is 1. The van der Waals surface area contributed by atoms with E-state index in [0.29, 0.717) is 11.6 Å². The third-order valence-electron chi connectivity index (χ3n) is 4.41. The summed E-state index contributed by atoms with van der Waals surface area (Å²) in [5, 5.41) is 32.7. The Morgan fingerprint density at radius 1 is 1.00 bits per heavy atom. The second-order valence-electron chi connectivity index (χ2n) is 6.61. The second-order valence-corrected chi connectivity index (χ2v) is 6.61. The SMILES string of the molecule is N#CC(=Cc1ccc(-c2ccc([N+](=O)[O-])cc2)o1)C(=O)Nc1ccc([N+](=O)[O-])cc1C(F)(F)F. The Balaban J connectivity index is 1.86. The summed E-state index contributed by atoms with van der Waals surface area (Å²) in [5.41, 5.74) is -3.31. The van der Waals surface area contributed by atoms with Crippen LogP contribution in [0.15, 0.2) is 64.6 Å². The van der Waals surface area contributed by atoms with Gasteiger partial charge in [-0.15, -0.1) is 0 Å². The first-order valence-corrected chi connectivity index (χ1v) is 9.13. The van der Waals surface area contributed by atoms with Crippen LogP contribution in [0.5, 0.6) is 0 Å². The average Bonchev–Trinajstić information content (AvgIpc) is 3.25. The maximum absolute atomic E-state index is 13.3. The maximum Gasteiger partial charge on any atom is 0.418 e. The van der Waals surface area contributed by atoms with Crippen molar-refractivity contribution in [1.82, 2.24) is 0 Å². The minimum atomic E-state index is -5.01.